The van der Waals surface area contributed by atoms with Gasteiger partial charge >= 0.3 is 0 Å². The Morgan fingerprint density at radius 1 is 1.15 bits per heavy atom. The van der Waals surface area contributed by atoms with Crippen LogP contribution < -0.4 is 15.4 Å². The molecular weight excluding hydrogens is 426 g/mol. The second-order valence-corrected chi connectivity index (χ2v) is 8.63. The van der Waals surface area contributed by atoms with Gasteiger partial charge in [-0.15, -0.1) is 0 Å². The smallest absolute Gasteiger partial charge is 0.252 e. The third kappa shape index (κ3) is 4.27. The molecule has 4 aromatic rings. The van der Waals surface area contributed by atoms with Crippen LogP contribution in [0.25, 0.3) is 22.0 Å². The number of amides is 1. The van der Waals surface area contributed by atoms with Crippen molar-refractivity contribution in [2.75, 3.05) is 13.7 Å². The summed E-state index contributed by atoms with van der Waals surface area (Å²) in [7, 11) is 1.61. The molecule has 1 fully saturated rings. The number of ether oxygens (including phenoxy) is 1. The fraction of sp³-hybridized carbons (Fsp3) is 0.214. The number of benzene rings is 2. The number of nitrogens with zero attached hydrogens (tertiary/aromatic N) is 1. The molecule has 0 atom stereocenters. The second-order valence-electron chi connectivity index (χ2n) is 8.63. The number of fused-ring (bicyclic) bond motifs is 1. The molecule has 0 spiro atoms. The van der Waals surface area contributed by atoms with Crippen LogP contribution in [0.4, 0.5) is 0 Å². The molecule has 3 heterocycles. The van der Waals surface area contributed by atoms with Gasteiger partial charge < -0.3 is 19.8 Å². The number of furan rings is 1. The first-order valence-corrected chi connectivity index (χ1v) is 11.4. The molecule has 6 nitrogen and oxygen atoms in total. The van der Waals surface area contributed by atoms with Gasteiger partial charge in [-0.3, -0.25) is 9.78 Å². The summed E-state index contributed by atoms with van der Waals surface area (Å²) < 4.78 is 10.6. The van der Waals surface area contributed by atoms with Gasteiger partial charge in [0.05, 0.1) is 30.7 Å². The van der Waals surface area contributed by atoms with E-state index in [0.717, 1.165) is 52.5 Å². The summed E-state index contributed by atoms with van der Waals surface area (Å²) in [5.41, 5.74) is 5.19. The zero-order valence-electron chi connectivity index (χ0n) is 19.3. The van der Waals surface area contributed by atoms with E-state index in [4.69, 9.17) is 9.15 Å². The minimum atomic E-state index is -0.395. The quantitative estimate of drug-likeness (QED) is 0.427. The summed E-state index contributed by atoms with van der Waals surface area (Å²) in [6, 6.07) is 15.7. The van der Waals surface area contributed by atoms with Crippen molar-refractivity contribution in [2.24, 2.45) is 0 Å². The number of pyridine rings is 1. The molecule has 172 valence electrons. The van der Waals surface area contributed by atoms with E-state index in [1.165, 1.54) is 0 Å². The molecule has 2 aromatic heterocycles. The molecule has 1 saturated carbocycles. The predicted molar refractivity (Wildman–Crippen MR) is 133 cm³/mol. The Kier molecular flexibility index (Phi) is 5.80. The van der Waals surface area contributed by atoms with Gasteiger partial charge in [-0.25, -0.2) is 0 Å². The molecule has 34 heavy (non-hydrogen) atoms. The maximum Gasteiger partial charge on any atom is 0.252 e. The van der Waals surface area contributed by atoms with E-state index >= 15 is 0 Å². The Morgan fingerprint density at radius 2 is 1.94 bits per heavy atom. The third-order valence-corrected chi connectivity index (χ3v) is 6.35. The highest BCUT2D eigenvalue weighted by molar-refractivity contribution is 5.98. The molecule has 0 saturated heterocycles. The highest BCUT2D eigenvalue weighted by atomic mass is 16.5. The van der Waals surface area contributed by atoms with Crippen LogP contribution in [0.15, 0.2) is 83.9 Å². The number of carbonyl (C=O) groups is 1. The molecule has 1 aliphatic heterocycles. The fourth-order valence-electron chi connectivity index (χ4n) is 4.14. The van der Waals surface area contributed by atoms with Crippen LogP contribution in [-0.4, -0.2) is 24.5 Å². The van der Waals surface area contributed by atoms with Gasteiger partial charge in [0.2, 0.25) is 0 Å². The molecule has 6 heteroatoms. The minimum Gasteiger partial charge on any atom is -0.497 e. The van der Waals surface area contributed by atoms with Crippen LogP contribution in [0.2, 0.25) is 0 Å². The average Bonchev–Trinajstić information content (AvgIpc) is 3.37. The Morgan fingerprint density at radius 3 is 2.59 bits per heavy atom. The molecule has 0 bridgehead atoms. The highest BCUT2D eigenvalue weighted by Crippen LogP contribution is 2.49. The summed E-state index contributed by atoms with van der Waals surface area (Å²) >= 11 is 0. The monoisotopic (exact) mass is 453 g/mol. The molecule has 0 unspecified atom stereocenters. The zero-order valence-corrected chi connectivity index (χ0v) is 19.3. The summed E-state index contributed by atoms with van der Waals surface area (Å²) in [5.74, 6) is 0.585. The van der Waals surface area contributed by atoms with Gasteiger partial charge in [0.1, 0.15) is 5.75 Å². The standard InChI is InChI=1S/C25H22N2O3.C3H5N/c1-16-5-6-19(29-2)14-21(16)24(28)27-25(8-9-25)22-12-18(17-7-11-30-15-17)13-23-20(22)4-3-10-26-23;1-2-4-3-1/h3-7,10-15H,8-9H2,1-2H3,(H,27,28);1-2,4H,3H2. The number of methoxy groups -OCH3 is 1. The van der Waals surface area contributed by atoms with Crippen LogP contribution >= 0.6 is 0 Å². The van der Waals surface area contributed by atoms with Crippen LogP contribution in [0.1, 0.15) is 34.3 Å². The first-order valence-electron chi connectivity index (χ1n) is 11.4. The summed E-state index contributed by atoms with van der Waals surface area (Å²) in [4.78, 5) is 17.8. The summed E-state index contributed by atoms with van der Waals surface area (Å²) in [5, 5.41) is 7.30. The number of carbonyl (C=O) groups excluding carboxylic acids is 1. The van der Waals surface area contributed by atoms with Crippen LogP contribution in [0.3, 0.4) is 0 Å². The molecule has 2 aromatic carbocycles. The number of rotatable bonds is 5. The van der Waals surface area contributed by atoms with Gasteiger partial charge in [-0.05, 0) is 85.1 Å². The lowest BCUT2D eigenvalue weighted by Crippen LogP contribution is -2.35. The van der Waals surface area contributed by atoms with E-state index in [1.54, 1.807) is 31.9 Å². The number of aromatic nitrogens is 1. The Bertz CT molecular complexity index is 1350. The van der Waals surface area contributed by atoms with Crippen molar-refractivity contribution in [3.8, 4) is 16.9 Å². The average molecular weight is 454 g/mol. The first kappa shape index (κ1) is 21.8. The maximum absolute atomic E-state index is 13.2. The normalized spacial score (nSPS) is 14.9. The molecule has 6 rings (SSSR count). The lowest BCUT2D eigenvalue weighted by Gasteiger charge is -2.22. The van der Waals surface area contributed by atoms with E-state index in [9.17, 15) is 4.79 Å². The lowest BCUT2D eigenvalue weighted by molar-refractivity contribution is 0.0930. The lowest BCUT2D eigenvalue weighted by atomic mass is 9.94. The second kappa shape index (κ2) is 9.06. The van der Waals surface area contributed by atoms with Gasteiger partial charge in [0.15, 0.2) is 0 Å². The van der Waals surface area contributed by atoms with Crippen molar-refractivity contribution < 1.29 is 13.9 Å². The molecule has 2 aliphatic rings. The van der Waals surface area contributed by atoms with Crippen molar-refractivity contribution in [3.63, 3.8) is 0 Å². The minimum absolute atomic E-state index is 0.0883. The van der Waals surface area contributed by atoms with E-state index in [-0.39, 0.29) is 5.91 Å². The van der Waals surface area contributed by atoms with Crippen molar-refractivity contribution in [2.45, 2.75) is 25.3 Å². The Labute approximate surface area is 198 Å². The number of hydrogen-bond acceptors (Lipinski definition) is 5. The van der Waals surface area contributed by atoms with Crippen molar-refractivity contribution >= 4 is 16.8 Å². The van der Waals surface area contributed by atoms with Gasteiger partial charge in [-0.1, -0.05) is 12.1 Å². The van der Waals surface area contributed by atoms with Crippen molar-refractivity contribution in [3.05, 3.63) is 96.2 Å². The molecule has 1 amide bonds. The molecule has 0 radical (unpaired) electrons. The first-order chi connectivity index (χ1) is 16.6. The van der Waals surface area contributed by atoms with E-state index in [0.29, 0.717) is 11.3 Å². The van der Waals surface area contributed by atoms with E-state index in [1.807, 2.05) is 37.4 Å². The van der Waals surface area contributed by atoms with Gasteiger partial charge in [0, 0.05) is 29.3 Å². The largest absolute Gasteiger partial charge is 0.497 e. The maximum atomic E-state index is 13.2. The highest BCUT2D eigenvalue weighted by Gasteiger charge is 2.47. The third-order valence-electron chi connectivity index (χ3n) is 6.35. The zero-order chi connectivity index (χ0) is 23.5. The van der Waals surface area contributed by atoms with Crippen LogP contribution in [-0.2, 0) is 5.54 Å². The molecular formula is C28H27N3O3. The molecule has 1 aliphatic carbocycles. The Hall–Kier alpha value is -4.06. The van der Waals surface area contributed by atoms with Gasteiger partial charge in [-0.2, -0.15) is 0 Å². The number of hydrogen-bond donors (Lipinski definition) is 2. The van der Waals surface area contributed by atoms with Crippen molar-refractivity contribution in [1.82, 2.24) is 15.6 Å². The Balaban J connectivity index is 0.000000547. The van der Waals surface area contributed by atoms with Gasteiger partial charge in [0.25, 0.3) is 5.91 Å². The van der Waals surface area contributed by atoms with E-state index in [2.05, 4.69) is 39.9 Å². The molecule has 2 N–H and O–H groups in total. The van der Waals surface area contributed by atoms with Crippen LogP contribution in [0, 0.1) is 6.92 Å². The van der Waals surface area contributed by atoms with Crippen molar-refractivity contribution in [1.29, 1.82) is 0 Å². The predicted octanol–water partition coefficient (Wildman–Crippen LogP) is 5.33. The van der Waals surface area contributed by atoms with Crippen LogP contribution in [0.5, 0.6) is 5.75 Å². The fourth-order valence-corrected chi connectivity index (χ4v) is 4.14. The van der Waals surface area contributed by atoms with E-state index < -0.39 is 5.54 Å². The number of aryl methyl sites for hydroxylation is 1. The SMILES string of the molecule is C1=CNC1.COc1ccc(C)c(C(=O)NC2(c3cc(-c4ccoc4)cc4ncccc34)CC2)c1. The summed E-state index contributed by atoms with van der Waals surface area (Å²) in [6.07, 6.45) is 11.0. The summed E-state index contributed by atoms with van der Waals surface area (Å²) in [6.45, 7) is 3.01. The topological polar surface area (TPSA) is 76.4 Å². The number of nitrogens with one attached hydrogen (secondary N) is 2.